The molecule has 0 atom stereocenters. The molecular formula is C13H19ClFNO. The van der Waals surface area contributed by atoms with Gasteiger partial charge in [-0.2, -0.15) is 0 Å². The van der Waals surface area contributed by atoms with Gasteiger partial charge in [-0.25, -0.2) is 4.39 Å². The summed E-state index contributed by atoms with van der Waals surface area (Å²) in [7, 11) is 3.40. The molecule has 0 radical (unpaired) electrons. The minimum Gasteiger partial charge on any atom is -0.494 e. The van der Waals surface area contributed by atoms with E-state index in [1.54, 1.807) is 18.2 Å². The van der Waals surface area contributed by atoms with Crippen molar-refractivity contribution in [3.8, 4) is 5.75 Å². The molecule has 17 heavy (non-hydrogen) atoms. The number of nitrogens with zero attached hydrogens (tertiary/aromatic N) is 1. The topological polar surface area (TPSA) is 12.5 Å². The third-order valence-corrected chi connectivity index (χ3v) is 3.69. The molecule has 0 fully saturated rings. The van der Waals surface area contributed by atoms with Crippen molar-refractivity contribution < 1.29 is 9.13 Å². The molecule has 0 aliphatic carbocycles. The summed E-state index contributed by atoms with van der Waals surface area (Å²) in [6, 6.07) is 5.17. The van der Waals surface area contributed by atoms with E-state index >= 15 is 0 Å². The van der Waals surface area contributed by atoms with Crippen molar-refractivity contribution in [3.63, 3.8) is 0 Å². The number of rotatable bonds is 5. The fraction of sp³-hybridized carbons (Fsp3) is 0.538. The first-order chi connectivity index (χ1) is 7.92. The molecule has 0 bridgehead atoms. The molecule has 2 nitrogen and oxygen atoms in total. The van der Waals surface area contributed by atoms with Gasteiger partial charge in [-0.1, -0.05) is 12.1 Å². The zero-order valence-electron chi connectivity index (χ0n) is 10.8. The van der Waals surface area contributed by atoms with Crippen LogP contribution < -0.4 is 4.74 Å². The summed E-state index contributed by atoms with van der Waals surface area (Å²) >= 11 is 5.89. The van der Waals surface area contributed by atoms with E-state index in [4.69, 9.17) is 16.3 Å². The van der Waals surface area contributed by atoms with Crippen molar-refractivity contribution in [1.29, 1.82) is 0 Å². The van der Waals surface area contributed by atoms with E-state index in [9.17, 15) is 4.39 Å². The van der Waals surface area contributed by atoms with Crippen LogP contribution in [0.15, 0.2) is 18.2 Å². The van der Waals surface area contributed by atoms with E-state index in [-0.39, 0.29) is 17.1 Å². The summed E-state index contributed by atoms with van der Waals surface area (Å²) in [5, 5.41) is 0. The Balaban J connectivity index is 2.89. The highest BCUT2D eigenvalue weighted by Crippen LogP contribution is 2.23. The van der Waals surface area contributed by atoms with Gasteiger partial charge in [0, 0.05) is 23.5 Å². The minimum absolute atomic E-state index is 0.170. The van der Waals surface area contributed by atoms with Crippen LogP contribution in [-0.2, 0) is 6.54 Å². The predicted molar refractivity (Wildman–Crippen MR) is 69.2 cm³/mol. The van der Waals surface area contributed by atoms with Gasteiger partial charge < -0.3 is 4.74 Å². The average Bonchev–Trinajstić information content (AvgIpc) is 2.31. The number of halogens is 2. The summed E-state index contributed by atoms with van der Waals surface area (Å²) in [4.78, 5) is 2.03. The molecule has 1 aromatic rings. The maximum absolute atomic E-state index is 13.9. The van der Waals surface area contributed by atoms with Gasteiger partial charge in [0.1, 0.15) is 0 Å². The van der Waals surface area contributed by atoms with E-state index in [1.165, 1.54) is 7.11 Å². The number of hydrogen-bond acceptors (Lipinski definition) is 2. The Morgan fingerprint density at radius 1 is 1.41 bits per heavy atom. The van der Waals surface area contributed by atoms with E-state index in [1.807, 2.05) is 25.8 Å². The summed E-state index contributed by atoms with van der Waals surface area (Å²) < 4.78 is 18.9. The molecule has 4 heteroatoms. The van der Waals surface area contributed by atoms with Crippen LogP contribution in [0.4, 0.5) is 4.39 Å². The van der Waals surface area contributed by atoms with Gasteiger partial charge in [-0.15, -0.1) is 11.6 Å². The third kappa shape index (κ3) is 3.33. The number of alkyl halides is 1. The van der Waals surface area contributed by atoms with E-state index in [0.29, 0.717) is 18.0 Å². The van der Waals surface area contributed by atoms with Crippen molar-refractivity contribution in [2.45, 2.75) is 25.9 Å². The maximum atomic E-state index is 13.9. The first-order valence-corrected chi connectivity index (χ1v) is 6.04. The van der Waals surface area contributed by atoms with Crippen LogP contribution in [0.2, 0.25) is 0 Å². The fourth-order valence-electron chi connectivity index (χ4n) is 1.41. The maximum Gasteiger partial charge on any atom is 0.169 e. The Morgan fingerprint density at radius 3 is 2.59 bits per heavy atom. The minimum atomic E-state index is -0.299. The first-order valence-electron chi connectivity index (χ1n) is 5.51. The van der Waals surface area contributed by atoms with Crippen molar-refractivity contribution in [3.05, 3.63) is 29.6 Å². The van der Waals surface area contributed by atoms with Gasteiger partial charge in [-0.3, -0.25) is 4.90 Å². The number of methoxy groups -OCH3 is 1. The standard InChI is InChI=1S/C13H19ClFNO/c1-13(2,9-14)16(3)8-10-6-5-7-11(17-4)12(10)15/h5-7H,8-9H2,1-4H3. The summed E-state index contributed by atoms with van der Waals surface area (Å²) in [5.74, 6) is 0.474. The molecule has 0 spiro atoms. The molecule has 0 aliphatic heterocycles. The van der Waals surface area contributed by atoms with Gasteiger partial charge in [-0.05, 0) is 27.0 Å². The van der Waals surface area contributed by atoms with Crippen molar-refractivity contribution in [2.75, 3.05) is 20.0 Å². The monoisotopic (exact) mass is 259 g/mol. The van der Waals surface area contributed by atoms with Crippen LogP contribution >= 0.6 is 11.6 Å². The average molecular weight is 260 g/mol. The summed E-state index contributed by atoms with van der Waals surface area (Å²) in [5.41, 5.74) is 0.446. The molecule has 0 saturated heterocycles. The van der Waals surface area contributed by atoms with Crippen LogP contribution in [0.1, 0.15) is 19.4 Å². The lowest BCUT2D eigenvalue weighted by molar-refractivity contribution is 0.168. The Bertz CT molecular complexity index is 382. The summed E-state index contributed by atoms with van der Waals surface area (Å²) in [6.07, 6.45) is 0. The zero-order chi connectivity index (χ0) is 13.1. The highest BCUT2D eigenvalue weighted by molar-refractivity contribution is 6.18. The normalized spacial score (nSPS) is 11.9. The molecule has 1 rings (SSSR count). The van der Waals surface area contributed by atoms with Crippen molar-refractivity contribution in [2.24, 2.45) is 0 Å². The quantitative estimate of drug-likeness (QED) is 0.753. The van der Waals surface area contributed by atoms with Gasteiger partial charge in [0.25, 0.3) is 0 Å². The highest BCUT2D eigenvalue weighted by Gasteiger charge is 2.23. The van der Waals surface area contributed by atoms with Crippen LogP contribution in [0.25, 0.3) is 0 Å². The number of benzene rings is 1. The molecule has 0 heterocycles. The first kappa shape index (κ1) is 14.3. The molecular weight excluding hydrogens is 241 g/mol. The number of hydrogen-bond donors (Lipinski definition) is 0. The second kappa shape index (κ2) is 5.69. The zero-order valence-corrected chi connectivity index (χ0v) is 11.5. The van der Waals surface area contributed by atoms with E-state index in [0.717, 1.165) is 0 Å². The third-order valence-electron chi connectivity index (χ3n) is 3.03. The molecule has 0 aliphatic rings. The molecule has 0 aromatic heterocycles. The highest BCUT2D eigenvalue weighted by atomic mass is 35.5. The Hall–Kier alpha value is -0.800. The van der Waals surface area contributed by atoms with Crippen LogP contribution in [-0.4, -0.2) is 30.5 Å². The SMILES string of the molecule is COc1cccc(CN(C)C(C)(C)CCl)c1F. The number of ether oxygens (including phenoxy) is 1. The van der Waals surface area contributed by atoms with Crippen LogP contribution in [0.3, 0.4) is 0 Å². The molecule has 0 unspecified atom stereocenters. The van der Waals surface area contributed by atoms with Crippen LogP contribution in [0, 0.1) is 5.82 Å². The fourth-order valence-corrected chi connectivity index (χ4v) is 1.61. The van der Waals surface area contributed by atoms with E-state index in [2.05, 4.69) is 0 Å². The molecule has 0 N–H and O–H groups in total. The molecule has 0 saturated carbocycles. The van der Waals surface area contributed by atoms with Gasteiger partial charge >= 0.3 is 0 Å². The lowest BCUT2D eigenvalue weighted by Gasteiger charge is -2.34. The van der Waals surface area contributed by atoms with Crippen LogP contribution in [0.5, 0.6) is 5.75 Å². The molecule has 0 amide bonds. The lowest BCUT2D eigenvalue weighted by Crippen LogP contribution is -2.42. The molecule has 1 aromatic carbocycles. The second-order valence-electron chi connectivity index (χ2n) is 4.74. The largest absolute Gasteiger partial charge is 0.494 e. The van der Waals surface area contributed by atoms with Crippen molar-refractivity contribution in [1.82, 2.24) is 4.90 Å². The van der Waals surface area contributed by atoms with Gasteiger partial charge in [0.2, 0.25) is 0 Å². The Labute approximate surface area is 107 Å². The summed E-state index contributed by atoms with van der Waals surface area (Å²) in [6.45, 7) is 4.55. The van der Waals surface area contributed by atoms with E-state index < -0.39 is 0 Å². The molecule has 96 valence electrons. The smallest absolute Gasteiger partial charge is 0.169 e. The van der Waals surface area contributed by atoms with Gasteiger partial charge in [0.15, 0.2) is 11.6 Å². The Kier molecular flexibility index (Phi) is 4.78. The predicted octanol–water partition coefficient (Wildman–Crippen LogP) is 3.28. The lowest BCUT2D eigenvalue weighted by atomic mass is 10.1. The second-order valence-corrected chi connectivity index (χ2v) is 5.00. The Morgan fingerprint density at radius 2 is 2.06 bits per heavy atom. The van der Waals surface area contributed by atoms with Gasteiger partial charge in [0.05, 0.1) is 7.11 Å². The van der Waals surface area contributed by atoms with Crippen molar-refractivity contribution >= 4 is 11.6 Å².